The molecular weight excluding hydrogens is 340 g/mol. The van der Waals surface area contributed by atoms with Crippen LogP contribution in [0, 0.1) is 0 Å². The van der Waals surface area contributed by atoms with Gasteiger partial charge in [0.1, 0.15) is 0 Å². The summed E-state index contributed by atoms with van der Waals surface area (Å²) in [6, 6.07) is 9.06. The van der Waals surface area contributed by atoms with Gasteiger partial charge in [0.05, 0.1) is 4.88 Å². The van der Waals surface area contributed by atoms with Crippen LogP contribution in [0.4, 0.5) is 0 Å². The van der Waals surface area contributed by atoms with Crippen molar-refractivity contribution < 1.29 is 19.1 Å². The zero-order valence-electron chi connectivity index (χ0n) is 13.6. The summed E-state index contributed by atoms with van der Waals surface area (Å²) in [7, 11) is 0. The van der Waals surface area contributed by atoms with Gasteiger partial charge in [-0.2, -0.15) is 0 Å². The van der Waals surface area contributed by atoms with E-state index in [-0.39, 0.29) is 24.6 Å². The number of likely N-dealkylation sites (tertiary alicyclic amines) is 1. The number of benzene rings is 1. The Bertz CT molecular complexity index is 782. The van der Waals surface area contributed by atoms with Crippen LogP contribution < -0.4 is 14.8 Å². The SMILES string of the molecule is O=C(NC1CCN(C(=O)c2ccc3c(c2)OCO3)CC1)c1cccs1. The third-order valence-corrected chi connectivity index (χ3v) is 5.35. The minimum absolute atomic E-state index is 0.0127. The summed E-state index contributed by atoms with van der Waals surface area (Å²) in [5.74, 6) is 1.24. The molecule has 0 unspecified atom stereocenters. The lowest BCUT2D eigenvalue weighted by atomic mass is 10.0. The maximum atomic E-state index is 12.7. The predicted molar refractivity (Wildman–Crippen MR) is 93.3 cm³/mol. The second kappa shape index (κ2) is 6.76. The number of ether oxygens (including phenoxy) is 2. The molecule has 2 aliphatic heterocycles. The standard InChI is InChI=1S/C18H18N2O4S/c21-17(16-2-1-9-25-16)19-13-5-7-20(8-6-13)18(22)12-3-4-14-15(10-12)24-11-23-14/h1-4,9-10,13H,5-8,11H2,(H,19,21). The Kier molecular flexibility index (Phi) is 4.31. The summed E-state index contributed by atoms with van der Waals surface area (Å²) in [6.45, 7) is 1.45. The van der Waals surface area contributed by atoms with Crippen molar-refractivity contribution in [3.05, 3.63) is 46.2 Å². The predicted octanol–water partition coefficient (Wildman–Crippen LogP) is 2.51. The number of fused-ring (bicyclic) bond motifs is 1. The highest BCUT2D eigenvalue weighted by atomic mass is 32.1. The molecule has 0 saturated carbocycles. The van der Waals surface area contributed by atoms with Crippen molar-refractivity contribution in [2.24, 2.45) is 0 Å². The molecule has 7 heteroatoms. The third-order valence-electron chi connectivity index (χ3n) is 4.48. The van der Waals surface area contributed by atoms with Gasteiger partial charge in [0, 0.05) is 24.7 Å². The molecule has 1 aromatic heterocycles. The normalized spacial score (nSPS) is 16.7. The van der Waals surface area contributed by atoms with Gasteiger partial charge >= 0.3 is 0 Å². The van der Waals surface area contributed by atoms with Crippen molar-refractivity contribution in [1.29, 1.82) is 0 Å². The number of hydrogen-bond donors (Lipinski definition) is 1. The largest absolute Gasteiger partial charge is 0.454 e. The molecule has 1 saturated heterocycles. The van der Waals surface area contributed by atoms with Gasteiger partial charge < -0.3 is 19.7 Å². The van der Waals surface area contributed by atoms with E-state index in [9.17, 15) is 9.59 Å². The number of nitrogens with zero attached hydrogens (tertiary/aromatic N) is 1. The summed E-state index contributed by atoms with van der Waals surface area (Å²) in [6.07, 6.45) is 1.51. The highest BCUT2D eigenvalue weighted by Gasteiger charge is 2.26. The summed E-state index contributed by atoms with van der Waals surface area (Å²) in [5.41, 5.74) is 0.602. The van der Waals surface area contributed by atoms with Crippen LogP contribution in [0.5, 0.6) is 11.5 Å². The average Bonchev–Trinajstić information content (AvgIpc) is 3.32. The molecule has 0 bridgehead atoms. The van der Waals surface area contributed by atoms with Gasteiger partial charge in [-0.25, -0.2) is 0 Å². The van der Waals surface area contributed by atoms with Crippen molar-refractivity contribution in [2.75, 3.05) is 19.9 Å². The Labute approximate surface area is 149 Å². The van der Waals surface area contributed by atoms with E-state index in [0.29, 0.717) is 30.2 Å². The van der Waals surface area contributed by atoms with Crippen LogP contribution in [-0.4, -0.2) is 42.6 Å². The van der Waals surface area contributed by atoms with Crippen LogP contribution in [0.2, 0.25) is 0 Å². The highest BCUT2D eigenvalue weighted by Crippen LogP contribution is 2.33. The molecule has 0 spiro atoms. The minimum Gasteiger partial charge on any atom is -0.454 e. The van der Waals surface area contributed by atoms with Crippen LogP contribution in [0.25, 0.3) is 0 Å². The third kappa shape index (κ3) is 3.32. The first-order valence-electron chi connectivity index (χ1n) is 8.24. The molecule has 0 aliphatic carbocycles. The first-order valence-corrected chi connectivity index (χ1v) is 9.12. The van der Waals surface area contributed by atoms with Crippen LogP contribution in [-0.2, 0) is 0 Å². The molecule has 3 heterocycles. The molecule has 25 heavy (non-hydrogen) atoms. The second-order valence-corrected chi connectivity index (χ2v) is 7.03. The Hall–Kier alpha value is -2.54. The van der Waals surface area contributed by atoms with Gasteiger partial charge in [-0.05, 0) is 42.5 Å². The van der Waals surface area contributed by atoms with Crippen LogP contribution in [0.15, 0.2) is 35.7 Å². The number of carbonyl (C=O) groups is 2. The molecule has 2 aliphatic rings. The van der Waals surface area contributed by atoms with Crippen molar-refractivity contribution in [1.82, 2.24) is 10.2 Å². The lowest BCUT2D eigenvalue weighted by Gasteiger charge is -2.32. The quantitative estimate of drug-likeness (QED) is 0.915. The van der Waals surface area contributed by atoms with Gasteiger partial charge in [0.25, 0.3) is 11.8 Å². The minimum atomic E-state index is -0.0319. The molecule has 0 radical (unpaired) electrons. The molecule has 2 amide bonds. The van der Waals surface area contributed by atoms with E-state index >= 15 is 0 Å². The van der Waals surface area contributed by atoms with Gasteiger partial charge in [-0.3, -0.25) is 9.59 Å². The van der Waals surface area contributed by atoms with Crippen molar-refractivity contribution in [3.63, 3.8) is 0 Å². The van der Waals surface area contributed by atoms with E-state index in [1.165, 1.54) is 11.3 Å². The van der Waals surface area contributed by atoms with E-state index in [1.54, 1.807) is 18.2 Å². The van der Waals surface area contributed by atoms with Gasteiger partial charge in [0.2, 0.25) is 6.79 Å². The van der Waals surface area contributed by atoms with E-state index in [1.807, 2.05) is 22.4 Å². The summed E-state index contributed by atoms with van der Waals surface area (Å²) in [4.78, 5) is 27.3. The zero-order valence-corrected chi connectivity index (χ0v) is 14.4. The van der Waals surface area contributed by atoms with E-state index in [2.05, 4.69) is 5.32 Å². The molecule has 1 N–H and O–H groups in total. The summed E-state index contributed by atoms with van der Waals surface area (Å²) in [5, 5.41) is 4.94. The Morgan fingerprint density at radius 2 is 1.92 bits per heavy atom. The first kappa shape index (κ1) is 16.0. The fraction of sp³-hybridized carbons (Fsp3) is 0.333. The van der Waals surface area contributed by atoms with Crippen molar-refractivity contribution in [3.8, 4) is 11.5 Å². The lowest BCUT2D eigenvalue weighted by molar-refractivity contribution is 0.0698. The number of hydrogen-bond acceptors (Lipinski definition) is 5. The number of thiophene rings is 1. The second-order valence-electron chi connectivity index (χ2n) is 6.09. The molecule has 4 rings (SSSR count). The Morgan fingerprint density at radius 1 is 1.12 bits per heavy atom. The van der Waals surface area contributed by atoms with Crippen LogP contribution in [0.1, 0.15) is 32.9 Å². The van der Waals surface area contributed by atoms with Gasteiger partial charge in [-0.1, -0.05) is 6.07 Å². The fourth-order valence-corrected chi connectivity index (χ4v) is 3.73. The number of rotatable bonds is 3. The Balaban J connectivity index is 1.34. The highest BCUT2D eigenvalue weighted by molar-refractivity contribution is 7.12. The van der Waals surface area contributed by atoms with Crippen molar-refractivity contribution in [2.45, 2.75) is 18.9 Å². The number of nitrogens with one attached hydrogen (secondary N) is 1. The number of amides is 2. The monoisotopic (exact) mass is 358 g/mol. The van der Waals surface area contributed by atoms with Crippen LogP contribution in [0.3, 0.4) is 0 Å². The summed E-state index contributed by atoms with van der Waals surface area (Å²) < 4.78 is 10.6. The maximum Gasteiger partial charge on any atom is 0.261 e. The molecule has 6 nitrogen and oxygen atoms in total. The fourth-order valence-electron chi connectivity index (χ4n) is 3.10. The number of carbonyl (C=O) groups excluding carboxylic acids is 2. The zero-order chi connectivity index (χ0) is 17.2. The number of piperidine rings is 1. The van der Waals surface area contributed by atoms with Gasteiger partial charge in [-0.15, -0.1) is 11.3 Å². The van der Waals surface area contributed by atoms with E-state index in [0.717, 1.165) is 17.7 Å². The topological polar surface area (TPSA) is 67.9 Å². The Morgan fingerprint density at radius 3 is 2.68 bits per heavy atom. The molecule has 130 valence electrons. The van der Waals surface area contributed by atoms with Crippen molar-refractivity contribution >= 4 is 23.2 Å². The molecular formula is C18H18N2O4S. The van der Waals surface area contributed by atoms with E-state index < -0.39 is 0 Å². The van der Waals surface area contributed by atoms with Gasteiger partial charge in [0.15, 0.2) is 11.5 Å². The molecule has 1 fully saturated rings. The lowest BCUT2D eigenvalue weighted by Crippen LogP contribution is -2.46. The smallest absolute Gasteiger partial charge is 0.261 e. The molecule has 2 aromatic rings. The van der Waals surface area contributed by atoms with Crippen LogP contribution >= 0.6 is 11.3 Å². The average molecular weight is 358 g/mol. The first-order chi connectivity index (χ1) is 12.2. The van der Waals surface area contributed by atoms with E-state index in [4.69, 9.17) is 9.47 Å². The maximum absolute atomic E-state index is 12.7. The molecule has 1 aromatic carbocycles. The summed E-state index contributed by atoms with van der Waals surface area (Å²) >= 11 is 1.43. The molecule has 0 atom stereocenters.